The van der Waals surface area contributed by atoms with E-state index in [-0.39, 0.29) is 0 Å². The van der Waals surface area contributed by atoms with Gasteiger partial charge in [-0.05, 0) is 183 Å². The van der Waals surface area contributed by atoms with E-state index >= 15 is 0 Å². The van der Waals surface area contributed by atoms with Crippen LogP contribution >= 0.6 is 0 Å². The molecule has 78 heavy (non-hydrogen) atoms. The summed E-state index contributed by atoms with van der Waals surface area (Å²) in [6.45, 7) is 0. The molecule has 0 nitrogen and oxygen atoms in total. The minimum atomic E-state index is 0.745. The molecule has 0 amide bonds. The zero-order chi connectivity index (χ0) is 52.6. The Bertz CT molecular complexity index is 3350. The first-order valence-corrected chi connectivity index (χ1v) is 28.7. The van der Waals surface area contributed by atoms with Crippen LogP contribution in [0, 0.1) is 11.8 Å². The van der Waals surface area contributed by atoms with Crippen molar-refractivity contribution in [3.63, 3.8) is 0 Å². The molecular weight excluding hydrogens is 937 g/mol. The second-order valence-corrected chi connectivity index (χ2v) is 21.5. The molecule has 0 heterocycles. The SMILES string of the molecule is C1=CC2=C(C1)CC=C2.C1=CC2=C(C=CC2)C1.C1=CC2Cc3ccccc3CC2C=C1.C1=CCC=C1.C1=Cc2ccccc2Cc2ccccc21.c1ccc2c(c1)CCc1ccccc1C2.c1ccc2c(c1)Cc1ccccc1-2. The van der Waals surface area contributed by atoms with Gasteiger partial charge in [0.1, 0.15) is 0 Å². The molecular formula is C78H72. The van der Waals surface area contributed by atoms with E-state index in [0.717, 1.165) is 37.5 Å². The predicted octanol–water partition coefficient (Wildman–Crippen LogP) is 19.4. The molecule has 0 aromatic heterocycles. The van der Waals surface area contributed by atoms with Gasteiger partial charge >= 0.3 is 0 Å². The van der Waals surface area contributed by atoms with E-state index in [1.165, 1.54) is 135 Å². The van der Waals surface area contributed by atoms with Crippen molar-refractivity contribution in [2.45, 2.75) is 77.0 Å². The highest BCUT2D eigenvalue weighted by atomic mass is 14.3. The van der Waals surface area contributed by atoms with Crippen LogP contribution in [0.4, 0.5) is 0 Å². The number of hydrogen-bond acceptors (Lipinski definition) is 0. The summed E-state index contributed by atoms with van der Waals surface area (Å²) in [6, 6.07) is 61.0. The van der Waals surface area contributed by atoms with Gasteiger partial charge in [0, 0.05) is 0 Å². The smallest absolute Gasteiger partial charge is 0.00135 e. The largest absolute Gasteiger partial charge is 0.0808 e. The van der Waals surface area contributed by atoms with E-state index < -0.39 is 0 Å². The highest BCUT2D eigenvalue weighted by Crippen LogP contribution is 2.37. The first-order chi connectivity index (χ1) is 38.7. The lowest BCUT2D eigenvalue weighted by molar-refractivity contribution is 0.437. The van der Waals surface area contributed by atoms with Gasteiger partial charge in [-0.15, -0.1) is 0 Å². The number of aryl methyl sites for hydroxylation is 2. The van der Waals surface area contributed by atoms with Gasteiger partial charge in [-0.25, -0.2) is 0 Å². The molecule has 384 valence electrons. The maximum Gasteiger partial charge on any atom is -0.00135 e. The van der Waals surface area contributed by atoms with Gasteiger partial charge < -0.3 is 0 Å². The Morgan fingerprint density at radius 2 is 0.654 bits per heavy atom. The molecule has 0 saturated carbocycles. The number of allylic oxidation sites excluding steroid dienone is 20. The van der Waals surface area contributed by atoms with Crippen molar-refractivity contribution in [3.05, 3.63) is 356 Å². The number of benzene rings is 7. The van der Waals surface area contributed by atoms with Crippen LogP contribution in [0.5, 0.6) is 0 Å². The van der Waals surface area contributed by atoms with Crippen molar-refractivity contribution < 1.29 is 0 Å². The van der Waals surface area contributed by atoms with E-state index in [4.69, 9.17) is 0 Å². The first-order valence-electron chi connectivity index (χ1n) is 28.7. The lowest BCUT2D eigenvalue weighted by atomic mass is 9.74. The molecule has 7 aromatic rings. The van der Waals surface area contributed by atoms with Gasteiger partial charge in [0.05, 0.1) is 0 Å². The van der Waals surface area contributed by atoms with Crippen LogP contribution < -0.4 is 0 Å². The van der Waals surface area contributed by atoms with Gasteiger partial charge in [0.25, 0.3) is 0 Å². The summed E-state index contributed by atoms with van der Waals surface area (Å²) < 4.78 is 0. The Morgan fingerprint density at radius 1 is 0.282 bits per heavy atom. The van der Waals surface area contributed by atoms with E-state index in [9.17, 15) is 0 Å². The third-order valence-corrected chi connectivity index (χ3v) is 16.4. The van der Waals surface area contributed by atoms with Crippen molar-refractivity contribution in [3.8, 4) is 11.1 Å². The highest BCUT2D eigenvalue weighted by Gasteiger charge is 2.25. The van der Waals surface area contributed by atoms with E-state index in [0.29, 0.717) is 0 Å². The average molecular weight is 1010 g/mol. The highest BCUT2D eigenvalue weighted by molar-refractivity contribution is 5.77. The first kappa shape index (κ1) is 51.8. The van der Waals surface area contributed by atoms with Crippen LogP contribution in [-0.4, -0.2) is 0 Å². The Morgan fingerprint density at radius 3 is 1.10 bits per heavy atom. The van der Waals surface area contributed by atoms with Crippen molar-refractivity contribution in [1.29, 1.82) is 0 Å². The number of hydrogen-bond donors (Lipinski definition) is 0. The predicted molar refractivity (Wildman–Crippen MR) is 333 cm³/mol. The summed E-state index contributed by atoms with van der Waals surface area (Å²) in [4.78, 5) is 0. The lowest BCUT2D eigenvalue weighted by Gasteiger charge is -2.30. The average Bonchev–Trinajstić information content (AvgIpc) is 4.39. The topological polar surface area (TPSA) is 0 Å². The van der Waals surface area contributed by atoms with Crippen LogP contribution in [0.25, 0.3) is 23.3 Å². The summed E-state index contributed by atoms with van der Waals surface area (Å²) in [5.74, 6) is 1.49. The van der Waals surface area contributed by atoms with Crippen molar-refractivity contribution >= 4 is 12.2 Å². The Kier molecular flexibility index (Phi) is 17.4. The zero-order valence-electron chi connectivity index (χ0n) is 45.2. The summed E-state index contributed by atoms with van der Waals surface area (Å²) in [5, 5.41) is 0. The van der Waals surface area contributed by atoms with Crippen molar-refractivity contribution in [1.82, 2.24) is 0 Å². The molecule has 10 aliphatic carbocycles. The lowest BCUT2D eigenvalue weighted by Crippen LogP contribution is -2.23. The minimum Gasteiger partial charge on any atom is -0.0808 e. The van der Waals surface area contributed by atoms with Crippen molar-refractivity contribution in [2.75, 3.05) is 0 Å². The Labute approximate surface area is 465 Å². The van der Waals surface area contributed by atoms with Gasteiger partial charge in [-0.2, -0.15) is 0 Å². The second kappa shape index (κ2) is 26.2. The van der Waals surface area contributed by atoms with Gasteiger partial charge in [-0.3, -0.25) is 0 Å². The van der Waals surface area contributed by atoms with Crippen LogP contribution in [0.2, 0.25) is 0 Å². The molecule has 17 rings (SSSR count). The molecule has 2 atom stereocenters. The molecule has 0 spiro atoms. The molecule has 0 N–H and O–H groups in total. The fourth-order valence-corrected chi connectivity index (χ4v) is 12.1. The van der Waals surface area contributed by atoms with Gasteiger partial charge in [0.2, 0.25) is 0 Å². The molecule has 0 heteroatoms. The molecule has 0 saturated heterocycles. The van der Waals surface area contributed by atoms with Gasteiger partial charge in [0.15, 0.2) is 0 Å². The van der Waals surface area contributed by atoms with E-state index in [1.54, 1.807) is 16.7 Å². The molecule has 2 unspecified atom stereocenters. The quantitative estimate of drug-likeness (QED) is 0.142. The molecule has 0 aliphatic heterocycles. The van der Waals surface area contributed by atoms with E-state index in [1.807, 2.05) is 0 Å². The normalized spacial score (nSPS) is 18.1. The van der Waals surface area contributed by atoms with Crippen molar-refractivity contribution in [2.24, 2.45) is 11.8 Å². The van der Waals surface area contributed by atoms with E-state index in [2.05, 4.69) is 279 Å². The molecule has 0 radical (unpaired) electrons. The van der Waals surface area contributed by atoms with Crippen LogP contribution in [0.3, 0.4) is 0 Å². The zero-order valence-corrected chi connectivity index (χ0v) is 45.2. The molecule has 0 fully saturated rings. The standard InChI is InChI=1S/C15H14.C15H12.C14H14.C13H10.2C8H8.C5H6/c2*1-3-7-14-11-15-8-4-2-6-13(15)10-9-12(14)5-1;1-2-6-12-10-14-8-4-3-7-13(14)9-11(12)5-1;1-3-7-12-10(5-1)9-11-6-2-4-8-13(11)12;2*1-3-7-5-2-6-8(7)4-1;1-2-4-5-3-1/h1-8H,9-11H2;1-10H,11H2;1-8,11-12H,9-10H2;1-8H,9H2;1-3,6H,4-5H2;1-3,5H,4,6H2;1-4H,5H2. The number of rotatable bonds is 0. The summed E-state index contributed by atoms with van der Waals surface area (Å²) in [7, 11) is 0. The minimum absolute atomic E-state index is 0.745. The Hall–Kier alpha value is -8.32. The fourth-order valence-electron chi connectivity index (χ4n) is 12.1. The number of fused-ring (bicyclic) bond motifs is 9. The maximum atomic E-state index is 2.36. The molecule has 7 aromatic carbocycles. The third-order valence-electron chi connectivity index (χ3n) is 16.4. The third kappa shape index (κ3) is 13.3. The molecule has 0 bridgehead atoms. The molecule has 10 aliphatic rings. The monoisotopic (exact) mass is 1010 g/mol. The van der Waals surface area contributed by atoms with Crippen LogP contribution in [-0.2, 0) is 44.9 Å². The fraction of sp³-hybridized carbons (Fsp3) is 0.179. The van der Waals surface area contributed by atoms with Gasteiger partial charge in [-0.1, -0.05) is 285 Å². The summed E-state index contributed by atoms with van der Waals surface area (Å²) in [5.41, 5.74) is 26.5. The Balaban J connectivity index is 0.0000000987. The summed E-state index contributed by atoms with van der Waals surface area (Å²) in [6.07, 6.45) is 53.6. The second-order valence-electron chi connectivity index (χ2n) is 21.5. The van der Waals surface area contributed by atoms with Crippen LogP contribution in [0.15, 0.2) is 289 Å². The maximum absolute atomic E-state index is 2.36. The summed E-state index contributed by atoms with van der Waals surface area (Å²) >= 11 is 0. The van der Waals surface area contributed by atoms with Crippen LogP contribution in [0.1, 0.15) is 98.9 Å².